The van der Waals surface area contributed by atoms with Crippen LogP contribution in [-0.4, -0.2) is 40.0 Å². The topological polar surface area (TPSA) is 123 Å². The van der Waals surface area contributed by atoms with E-state index >= 15 is 0 Å². The van der Waals surface area contributed by atoms with Crippen molar-refractivity contribution in [1.82, 2.24) is 15.6 Å². The molecule has 2 amide bonds. The number of unbranched alkanes of at least 4 members (excludes halogenated alkanes) is 1. The lowest BCUT2D eigenvalue weighted by Crippen LogP contribution is -2.42. The zero-order chi connectivity index (χ0) is 24.0. The van der Waals surface area contributed by atoms with Gasteiger partial charge in [0.1, 0.15) is 0 Å². The Labute approximate surface area is 193 Å². The number of nitrogens with one attached hydrogen (secondary N) is 3. The van der Waals surface area contributed by atoms with E-state index < -0.39 is 21.8 Å². The van der Waals surface area contributed by atoms with Gasteiger partial charge in [-0.15, -0.1) is 0 Å². The van der Waals surface area contributed by atoms with Crippen LogP contribution in [0.3, 0.4) is 0 Å². The van der Waals surface area contributed by atoms with Gasteiger partial charge in [0.2, 0.25) is 10.0 Å². The van der Waals surface area contributed by atoms with Gasteiger partial charge < -0.3 is 9.47 Å². The summed E-state index contributed by atoms with van der Waals surface area (Å²) in [6, 6.07) is 8.97. The molecule has 1 aliphatic rings. The van der Waals surface area contributed by atoms with Gasteiger partial charge in [-0.3, -0.25) is 20.4 Å². The van der Waals surface area contributed by atoms with E-state index in [1.165, 1.54) is 25.3 Å². The normalized spacial score (nSPS) is 13.3. The van der Waals surface area contributed by atoms with E-state index in [1.807, 2.05) is 0 Å². The van der Waals surface area contributed by atoms with E-state index in [1.54, 1.807) is 25.1 Å². The van der Waals surface area contributed by atoms with Crippen molar-refractivity contribution in [1.29, 1.82) is 0 Å². The lowest BCUT2D eigenvalue weighted by atomic mass is 10.1. The molecule has 0 atom stereocenters. The number of aryl methyl sites for hydroxylation is 1. The first-order chi connectivity index (χ1) is 15.7. The van der Waals surface area contributed by atoms with Crippen LogP contribution in [0.2, 0.25) is 0 Å². The highest BCUT2D eigenvalue weighted by molar-refractivity contribution is 7.89. The average molecular weight is 476 g/mol. The van der Waals surface area contributed by atoms with Crippen molar-refractivity contribution in [2.75, 3.05) is 13.7 Å². The Hall–Kier alpha value is -3.11. The number of carbonyl (C=O) groups is 2. The van der Waals surface area contributed by atoms with Crippen molar-refractivity contribution in [2.24, 2.45) is 0 Å². The van der Waals surface area contributed by atoms with E-state index in [2.05, 4.69) is 22.5 Å². The minimum Gasteiger partial charge on any atom is -0.493 e. The van der Waals surface area contributed by atoms with E-state index in [-0.39, 0.29) is 22.1 Å². The molecule has 0 spiro atoms. The Morgan fingerprint density at radius 3 is 2.42 bits per heavy atom. The molecule has 0 radical (unpaired) electrons. The molecule has 0 unspecified atom stereocenters. The Morgan fingerprint density at radius 2 is 1.76 bits per heavy atom. The molecule has 1 saturated carbocycles. The highest BCUT2D eigenvalue weighted by Crippen LogP contribution is 2.28. The van der Waals surface area contributed by atoms with E-state index in [0.29, 0.717) is 23.7 Å². The summed E-state index contributed by atoms with van der Waals surface area (Å²) in [5.41, 5.74) is 5.66. The Balaban J connectivity index is 1.66. The summed E-state index contributed by atoms with van der Waals surface area (Å²) in [4.78, 5) is 25.2. The van der Waals surface area contributed by atoms with E-state index in [9.17, 15) is 18.0 Å². The molecule has 0 heterocycles. The first kappa shape index (κ1) is 24.5. The summed E-state index contributed by atoms with van der Waals surface area (Å²) >= 11 is 0. The molecule has 10 heteroatoms. The number of hydrazine groups is 1. The summed E-state index contributed by atoms with van der Waals surface area (Å²) in [6.45, 7) is 4.28. The second kappa shape index (κ2) is 10.7. The van der Waals surface area contributed by atoms with Crippen molar-refractivity contribution in [3.63, 3.8) is 0 Å². The van der Waals surface area contributed by atoms with Crippen LogP contribution in [-0.2, 0) is 10.0 Å². The van der Waals surface area contributed by atoms with Gasteiger partial charge in [-0.1, -0.05) is 19.4 Å². The van der Waals surface area contributed by atoms with Crippen LogP contribution in [0.5, 0.6) is 11.5 Å². The van der Waals surface area contributed by atoms with Crippen LogP contribution in [0, 0.1) is 6.92 Å². The van der Waals surface area contributed by atoms with E-state index in [0.717, 1.165) is 25.7 Å². The molecule has 1 fully saturated rings. The van der Waals surface area contributed by atoms with Crippen molar-refractivity contribution in [2.45, 2.75) is 50.5 Å². The molecule has 0 saturated heterocycles. The maximum Gasteiger partial charge on any atom is 0.270 e. The van der Waals surface area contributed by atoms with Crippen LogP contribution in [0.25, 0.3) is 0 Å². The zero-order valence-electron chi connectivity index (χ0n) is 18.9. The molecule has 2 aromatic carbocycles. The first-order valence-corrected chi connectivity index (χ1v) is 12.3. The number of carbonyl (C=O) groups excluding carboxylic acids is 2. The smallest absolute Gasteiger partial charge is 0.270 e. The number of hydrogen-bond donors (Lipinski definition) is 3. The van der Waals surface area contributed by atoms with Crippen LogP contribution >= 0.6 is 0 Å². The van der Waals surface area contributed by atoms with Crippen LogP contribution in [0.4, 0.5) is 0 Å². The largest absolute Gasteiger partial charge is 0.493 e. The van der Waals surface area contributed by atoms with Gasteiger partial charge in [0.25, 0.3) is 11.8 Å². The Kier molecular flexibility index (Phi) is 7.93. The molecule has 9 nitrogen and oxygen atoms in total. The Bertz CT molecular complexity index is 1130. The van der Waals surface area contributed by atoms with Crippen LogP contribution in [0.15, 0.2) is 41.3 Å². The highest BCUT2D eigenvalue weighted by Gasteiger charge is 2.28. The van der Waals surface area contributed by atoms with Crippen molar-refractivity contribution >= 4 is 21.8 Å². The van der Waals surface area contributed by atoms with Gasteiger partial charge in [0.05, 0.1) is 18.6 Å². The van der Waals surface area contributed by atoms with Gasteiger partial charge in [-0.25, -0.2) is 13.1 Å². The third-order valence-corrected chi connectivity index (χ3v) is 6.65. The molecule has 3 N–H and O–H groups in total. The quantitative estimate of drug-likeness (QED) is 0.359. The fourth-order valence-electron chi connectivity index (χ4n) is 3.01. The predicted octanol–water partition coefficient (Wildman–Crippen LogP) is 2.70. The summed E-state index contributed by atoms with van der Waals surface area (Å²) in [5, 5.41) is 0. The van der Waals surface area contributed by atoms with Gasteiger partial charge in [-0.05, 0) is 62.1 Å². The van der Waals surface area contributed by atoms with Gasteiger partial charge >= 0.3 is 0 Å². The first-order valence-electron chi connectivity index (χ1n) is 10.8. The molecular formula is C23H29N3O6S. The van der Waals surface area contributed by atoms with Gasteiger partial charge in [0.15, 0.2) is 11.5 Å². The van der Waals surface area contributed by atoms with Gasteiger partial charge in [0, 0.05) is 17.2 Å². The number of sulfonamides is 1. The van der Waals surface area contributed by atoms with Crippen molar-refractivity contribution in [3.8, 4) is 11.5 Å². The Morgan fingerprint density at radius 1 is 1.03 bits per heavy atom. The van der Waals surface area contributed by atoms with E-state index in [4.69, 9.17) is 9.47 Å². The van der Waals surface area contributed by atoms with Crippen molar-refractivity contribution in [3.05, 3.63) is 53.1 Å². The predicted molar refractivity (Wildman–Crippen MR) is 123 cm³/mol. The lowest BCUT2D eigenvalue weighted by molar-refractivity contribution is 0.0846. The molecule has 1 aliphatic carbocycles. The molecule has 2 aromatic rings. The minimum atomic E-state index is -3.71. The maximum atomic E-state index is 12.7. The zero-order valence-corrected chi connectivity index (χ0v) is 19.8. The molecule has 33 heavy (non-hydrogen) atoms. The number of methoxy groups -OCH3 is 1. The summed E-state index contributed by atoms with van der Waals surface area (Å²) < 4.78 is 38.5. The lowest BCUT2D eigenvalue weighted by Gasteiger charge is -2.13. The SMILES string of the molecule is CCCCOc1ccc(C(=O)NNC(=O)c2cc(S(=O)(=O)NC3CC3)ccc2C)cc1OC. The summed E-state index contributed by atoms with van der Waals surface area (Å²) in [5.74, 6) is -0.253. The average Bonchev–Trinajstić information content (AvgIpc) is 3.61. The third kappa shape index (κ3) is 6.45. The van der Waals surface area contributed by atoms with Crippen LogP contribution < -0.4 is 25.0 Å². The fraction of sp³-hybridized carbons (Fsp3) is 0.391. The summed E-state index contributed by atoms with van der Waals surface area (Å²) in [6.07, 6.45) is 3.51. The molecular weight excluding hydrogens is 446 g/mol. The number of benzene rings is 2. The number of ether oxygens (including phenoxy) is 2. The molecule has 0 aliphatic heterocycles. The number of amides is 2. The minimum absolute atomic E-state index is 0.000116. The summed E-state index contributed by atoms with van der Waals surface area (Å²) in [7, 11) is -2.23. The van der Waals surface area contributed by atoms with Gasteiger partial charge in [-0.2, -0.15) is 0 Å². The fourth-order valence-corrected chi connectivity index (χ4v) is 4.34. The second-order valence-corrected chi connectivity index (χ2v) is 9.56. The third-order valence-electron chi connectivity index (χ3n) is 5.13. The molecule has 3 rings (SSSR count). The molecule has 0 bridgehead atoms. The highest BCUT2D eigenvalue weighted by atomic mass is 32.2. The molecule has 178 valence electrons. The second-order valence-electron chi connectivity index (χ2n) is 7.85. The van der Waals surface area contributed by atoms with Crippen molar-refractivity contribution < 1.29 is 27.5 Å². The van der Waals surface area contributed by atoms with Crippen LogP contribution in [0.1, 0.15) is 58.9 Å². The number of rotatable bonds is 10. The monoisotopic (exact) mass is 475 g/mol. The standard InChI is InChI=1S/C23H29N3O6S/c1-4-5-12-32-20-11-7-16(13-21(20)31-3)22(27)24-25-23(28)19-14-18(10-6-15(19)2)33(29,30)26-17-8-9-17/h6-7,10-11,13-14,17,26H,4-5,8-9,12H2,1-3H3,(H,24,27)(H,25,28). The molecule has 0 aromatic heterocycles. The maximum absolute atomic E-state index is 12.7. The number of hydrogen-bond acceptors (Lipinski definition) is 6.